The van der Waals surface area contributed by atoms with Crippen LogP contribution in [0.3, 0.4) is 0 Å². The molecule has 5 nitrogen and oxygen atoms in total. The second-order valence-electron chi connectivity index (χ2n) is 7.15. The number of hydrogen-bond acceptors (Lipinski definition) is 4. The van der Waals surface area contributed by atoms with Gasteiger partial charge in [0.1, 0.15) is 0 Å². The predicted molar refractivity (Wildman–Crippen MR) is 100 cm³/mol. The second-order valence-corrected chi connectivity index (χ2v) is 7.15. The number of aryl methyl sites for hydroxylation is 1. The molecule has 0 bridgehead atoms. The molecular weight excluding hydrogens is 316 g/mol. The van der Waals surface area contributed by atoms with Crippen molar-refractivity contribution in [3.05, 3.63) is 23.3 Å². The van der Waals surface area contributed by atoms with Crippen LogP contribution in [0.25, 0.3) is 0 Å². The zero-order valence-electron chi connectivity index (χ0n) is 16.2. The van der Waals surface area contributed by atoms with E-state index in [1.807, 2.05) is 31.0 Å². The van der Waals surface area contributed by atoms with Crippen molar-refractivity contribution in [3.8, 4) is 11.5 Å². The lowest BCUT2D eigenvalue weighted by molar-refractivity contribution is -0.131. The summed E-state index contributed by atoms with van der Waals surface area (Å²) in [4.78, 5) is 14.5. The van der Waals surface area contributed by atoms with Gasteiger partial charge in [-0.25, -0.2) is 0 Å². The molecule has 1 fully saturated rings. The van der Waals surface area contributed by atoms with Crippen LogP contribution in [0.5, 0.6) is 11.5 Å². The average Bonchev–Trinajstić information content (AvgIpc) is 2.63. The number of hydrogen-bond donors (Lipinski definition) is 1. The molecule has 1 aromatic carbocycles. The van der Waals surface area contributed by atoms with Gasteiger partial charge >= 0.3 is 0 Å². The fraction of sp³-hybridized carbons (Fsp3) is 0.650. The summed E-state index contributed by atoms with van der Waals surface area (Å²) in [5, 5.41) is 3.39. The minimum absolute atomic E-state index is 0.209. The number of amides is 1. The van der Waals surface area contributed by atoms with Gasteiger partial charge in [0.15, 0.2) is 11.5 Å². The summed E-state index contributed by atoms with van der Waals surface area (Å²) in [6, 6.07) is 3.93. The number of ether oxygens (including phenoxy) is 2. The Morgan fingerprint density at radius 3 is 2.44 bits per heavy atom. The molecule has 5 heteroatoms. The zero-order valence-corrected chi connectivity index (χ0v) is 16.2. The van der Waals surface area contributed by atoms with Crippen molar-refractivity contribution in [1.82, 2.24) is 10.2 Å². The molecule has 0 radical (unpaired) electrons. The van der Waals surface area contributed by atoms with Crippen molar-refractivity contribution in [3.63, 3.8) is 0 Å². The standard InChI is InChI=1S/C20H32N2O3/c1-14-10-18(24-4)19(25-5)12-17(14)13-22(3)20(23)11-15(2)16-6-8-21-9-7-16/h10,12,15-16,21H,6-9,11,13H2,1-5H3. The largest absolute Gasteiger partial charge is 0.493 e. The van der Waals surface area contributed by atoms with E-state index in [4.69, 9.17) is 9.47 Å². The number of carbonyl (C=O) groups is 1. The van der Waals surface area contributed by atoms with E-state index < -0.39 is 0 Å². The first kappa shape index (κ1) is 19.6. The maximum atomic E-state index is 12.6. The Hall–Kier alpha value is -1.75. The van der Waals surface area contributed by atoms with Gasteiger partial charge in [-0.05, 0) is 68.0 Å². The first-order valence-corrected chi connectivity index (χ1v) is 9.12. The molecule has 1 saturated heterocycles. The first-order valence-electron chi connectivity index (χ1n) is 9.12. The van der Waals surface area contributed by atoms with E-state index in [9.17, 15) is 4.79 Å². The molecule has 0 aromatic heterocycles. The molecule has 1 aliphatic rings. The van der Waals surface area contributed by atoms with Gasteiger partial charge in [-0.15, -0.1) is 0 Å². The quantitative estimate of drug-likeness (QED) is 0.823. The van der Waals surface area contributed by atoms with Crippen LogP contribution in [0.2, 0.25) is 0 Å². The topological polar surface area (TPSA) is 50.8 Å². The minimum Gasteiger partial charge on any atom is -0.493 e. The summed E-state index contributed by atoms with van der Waals surface area (Å²) >= 11 is 0. The molecule has 2 rings (SSSR count). The fourth-order valence-electron chi connectivity index (χ4n) is 3.55. The summed E-state index contributed by atoms with van der Waals surface area (Å²) < 4.78 is 10.7. The first-order chi connectivity index (χ1) is 12.0. The van der Waals surface area contributed by atoms with Crippen LogP contribution in [-0.4, -0.2) is 45.2 Å². The molecule has 1 amide bonds. The SMILES string of the molecule is COc1cc(C)c(CN(C)C(=O)CC(C)C2CCNCC2)cc1OC. The van der Waals surface area contributed by atoms with E-state index in [0.29, 0.717) is 30.6 Å². The highest BCUT2D eigenvalue weighted by Crippen LogP contribution is 2.31. The minimum atomic E-state index is 0.209. The molecule has 0 saturated carbocycles. The summed E-state index contributed by atoms with van der Waals surface area (Å²) in [5.41, 5.74) is 2.19. The van der Waals surface area contributed by atoms with Crippen LogP contribution in [0.1, 0.15) is 37.3 Å². The van der Waals surface area contributed by atoms with Crippen molar-refractivity contribution < 1.29 is 14.3 Å². The number of methoxy groups -OCH3 is 2. The Morgan fingerprint density at radius 1 is 1.24 bits per heavy atom. The van der Waals surface area contributed by atoms with Gasteiger partial charge in [0, 0.05) is 20.0 Å². The molecule has 1 atom stereocenters. The van der Waals surface area contributed by atoms with Crippen LogP contribution in [0.15, 0.2) is 12.1 Å². The van der Waals surface area contributed by atoms with Crippen LogP contribution in [0.4, 0.5) is 0 Å². The van der Waals surface area contributed by atoms with Crippen LogP contribution < -0.4 is 14.8 Å². The lowest BCUT2D eigenvalue weighted by atomic mass is 9.84. The van der Waals surface area contributed by atoms with Gasteiger partial charge in [0.2, 0.25) is 5.91 Å². The highest BCUT2D eigenvalue weighted by Gasteiger charge is 2.23. The van der Waals surface area contributed by atoms with E-state index >= 15 is 0 Å². The predicted octanol–water partition coefficient (Wildman–Crippen LogP) is 3.00. The number of nitrogens with one attached hydrogen (secondary N) is 1. The van der Waals surface area contributed by atoms with Gasteiger partial charge in [-0.1, -0.05) is 6.92 Å². The molecule has 1 heterocycles. The van der Waals surface area contributed by atoms with Crippen LogP contribution in [-0.2, 0) is 11.3 Å². The fourth-order valence-corrected chi connectivity index (χ4v) is 3.55. The summed E-state index contributed by atoms with van der Waals surface area (Å²) in [6.07, 6.45) is 2.97. The average molecular weight is 348 g/mol. The third kappa shape index (κ3) is 5.11. The number of benzene rings is 1. The van der Waals surface area contributed by atoms with Crippen molar-refractivity contribution >= 4 is 5.91 Å². The molecule has 0 aliphatic carbocycles. The van der Waals surface area contributed by atoms with Crippen molar-refractivity contribution in [1.29, 1.82) is 0 Å². The third-order valence-corrected chi connectivity index (χ3v) is 5.36. The number of nitrogens with zero attached hydrogens (tertiary/aromatic N) is 1. The van der Waals surface area contributed by atoms with E-state index in [1.165, 1.54) is 12.8 Å². The normalized spacial score (nSPS) is 16.4. The highest BCUT2D eigenvalue weighted by molar-refractivity contribution is 5.76. The Kier molecular flexibility index (Phi) is 7.12. The van der Waals surface area contributed by atoms with E-state index in [1.54, 1.807) is 14.2 Å². The number of carbonyl (C=O) groups excluding carboxylic acids is 1. The molecule has 1 aromatic rings. The second kappa shape index (κ2) is 9.09. The Balaban J connectivity index is 1.98. The Labute approximate surface area is 151 Å². The van der Waals surface area contributed by atoms with Gasteiger partial charge in [-0.3, -0.25) is 4.79 Å². The monoisotopic (exact) mass is 348 g/mol. The zero-order chi connectivity index (χ0) is 18.4. The number of rotatable bonds is 7. The lowest BCUT2D eigenvalue weighted by Crippen LogP contribution is -2.34. The third-order valence-electron chi connectivity index (χ3n) is 5.36. The van der Waals surface area contributed by atoms with Crippen molar-refractivity contribution in [2.45, 2.75) is 39.7 Å². The van der Waals surface area contributed by atoms with Crippen molar-refractivity contribution in [2.75, 3.05) is 34.4 Å². The molecule has 1 unspecified atom stereocenters. The van der Waals surface area contributed by atoms with E-state index in [-0.39, 0.29) is 5.91 Å². The Morgan fingerprint density at radius 2 is 1.84 bits per heavy atom. The molecule has 0 spiro atoms. The van der Waals surface area contributed by atoms with Gasteiger partial charge in [0.25, 0.3) is 0 Å². The van der Waals surface area contributed by atoms with E-state index in [2.05, 4.69) is 12.2 Å². The summed E-state index contributed by atoms with van der Waals surface area (Å²) in [7, 11) is 5.15. The van der Waals surface area contributed by atoms with Gasteiger partial charge < -0.3 is 19.7 Å². The van der Waals surface area contributed by atoms with E-state index in [0.717, 1.165) is 30.0 Å². The smallest absolute Gasteiger partial charge is 0.222 e. The Bertz CT molecular complexity index is 583. The van der Waals surface area contributed by atoms with Crippen molar-refractivity contribution in [2.24, 2.45) is 11.8 Å². The molecule has 1 N–H and O–H groups in total. The molecular formula is C20H32N2O3. The van der Waals surface area contributed by atoms with Gasteiger partial charge in [-0.2, -0.15) is 0 Å². The lowest BCUT2D eigenvalue weighted by Gasteiger charge is -2.29. The maximum Gasteiger partial charge on any atom is 0.222 e. The maximum absolute atomic E-state index is 12.6. The molecule has 25 heavy (non-hydrogen) atoms. The van der Waals surface area contributed by atoms with Crippen LogP contribution >= 0.6 is 0 Å². The van der Waals surface area contributed by atoms with Gasteiger partial charge in [0.05, 0.1) is 14.2 Å². The van der Waals surface area contributed by atoms with Crippen LogP contribution in [0, 0.1) is 18.8 Å². The highest BCUT2D eigenvalue weighted by atomic mass is 16.5. The number of piperidine rings is 1. The molecule has 1 aliphatic heterocycles. The summed E-state index contributed by atoms with van der Waals surface area (Å²) in [6.45, 7) is 6.98. The summed E-state index contributed by atoms with van der Waals surface area (Å²) in [5.74, 6) is 2.72. The molecule has 140 valence electrons.